The molecule has 0 N–H and O–H groups in total. The zero-order valence-corrected chi connectivity index (χ0v) is 14.3. The summed E-state index contributed by atoms with van der Waals surface area (Å²) in [5, 5.41) is 1.15. The molecule has 0 saturated carbocycles. The molecule has 0 unspecified atom stereocenters. The summed E-state index contributed by atoms with van der Waals surface area (Å²) in [6, 6.07) is 14.3. The maximum atomic E-state index is 12.9. The highest BCUT2D eigenvalue weighted by molar-refractivity contribution is 6.05. The van der Waals surface area contributed by atoms with Crippen LogP contribution in [0.2, 0.25) is 0 Å². The summed E-state index contributed by atoms with van der Waals surface area (Å²) < 4.78 is 6.15. The van der Waals surface area contributed by atoms with E-state index in [9.17, 15) is 4.79 Å². The number of hydrogen-bond acceptors (Lipinski definition) is 2. The van der Waals surface area contributed by atoms with E-state index < -0.39 is 0 Å². The van der Waals surface area contributed by atoms with Crippen molar-refractivity contribution in [2.45, 2.75) is 33.1 Å². The van der Waals surface area contributed by atoms with Crippen molar-refractivity contribution in [2.75, 3.05) is 11.4 Å². The summed E-state index contributed by atoms with van der Waals surface area (Å²) >= 11 is 0. The van der Waals surface area contributed by atoms with Gasteiger partial charge in [-0.05, 0) is 43.5 Å². The van der Waals surface area contributed by atoms with Gasteiger partial charge < -0.3 is 9.32 Å². The Kier molecular flexibility index (Phi) is 3.45. The largest absolute Gasteiger partial charge is 0.460 e. The molecule has 0 bridgehead atoms. The summed E-state index contributed by atoms with van der Waals surface area (Å²) in [5.74, 6) is 0.946. The number of carbonyl (C=O) groups excluding carboxylic acids is 1. The highest BCUT2D eigenvalue weighted by atomic mass is 16.3. The minimum Gasteiger partial charge on any atom is -0.460 e. The molecule has 1 atom stereocenters. The minimum atomic E-state index is -0.152. The van der Waals surface area contributed by atoms with Gasteiger partial charge >= 0.3 is 0 Å². The first-order chi connectivity index (χ1) is 11.6. The van der Waals surface area contributed by atoms with Crippen LogP contribution < -0.4 is 4.90 Å². The number of anilines is 1. The predicted molar refractivity (Wildman–Crippen MR) is 96.6 cm³/mol. The van der Waals surface area contributed by atoms with Gasteiger partial charge in [-0.3, -0.25) is 4.79 Å². The second kappa shape index (κ2) is 5.52. The van der Waals surface area contributed by atoms with E-state index in [1.54, 1.807) is 0 Å². The fraction of sp³-hybridized carbons (Fsp3) is 0.286. The van der Waals surface area contributed by atoms with Crippen LogP contribution in [-0.2, 0) is 11.2 Å². The van der Waals surface area contributed by atoms with E-state index >= 15 is 0 Å². The number of nitrogens with zero attached hydrogens (tertiary/aromatic N) is 1. The van der Waals surface area contributed by atoms with E-state index in [4.69, 9.17) is 4.42 Å². The van der Waals surface area contributed by atoms with Crippen LogP contribution in [0.15, 0.2) is 46.9 Å². The van der Waals surface area contributed by atoms with Crippen LogP contribution in [0.25, 0.3) is 11.0 Å². The number of likely N-dealkylation sites (N-methyl/N-ethyl adjacent to an activating group) is 1. The van der Waals surface area contributed by atoms with Crippen LogP contribution in [0.4, 0.5) is 5.69 Å². The van der Waals surface area contributed by atoms with Gasteiger partial charge in [0.1, 0.15) is 11.3 Å². The van der Waals surface area contributed by atoms with E-state index in [2.05, 4.69) is 38.1 Å². The van der Waals surface area contributed by atoms with Gasteiger partial charge in [-0.1, -0.05) is 36.4 Å². The van der Waals surface area contributed by atoms with E-state index in [0.29, 0.717) is 13.0 Å². The number of benzene rings is 2. The lowest BCUT2D eigenvalue weighted by atomic mass is 9.94. The number of furan rings is 1. The summed E-state index contributed by atoms with van der Waals surface area (Å²) in [6.07, 6.45) is 0.617. The molecule has 0 saturated heterocycles. The first kappa shape index (κ1) is 15.0. The van der Waals surface area contributed by atoms with Crippen LogP contribution in [0.1, 0.15) is 35.3 Å². The average Bonchev–Trinajstić information content (AvgIpc) is 3.05. The number of hydrogen-bond donors (Lipinski definition) is 0. The van der Waals surface area contributed by atoms with Crippen molar-refractivity contribution in [2.24, 2.45) is 0 Å². The molecule has 24 heavy (non-hydrogen) atoms. The van der Waals surface area contributed by atoms with Crippen molar-refractivity contribution in [3.05, 3.63) is 64.9 Å². The molecule has 1 aromatic heterocycles. The fourth-order valence-corrected chi connectivity index (χ4v) is 3.80. The number of rotatable bonds is 3. The fourth-order valence-electron chi connectivity index (χ4n) is 3.80. The summed E-state index contributed by atoms with van der Waals surface area (Å²) in [6.45, 7) is 6.87. The summed E-state index contributed by atoms with van der Waals surface area (Å²) in [5.41, 5.74) is 5.38. The average molecular weight is 319 g/mol. The van der Waals surface area contributed by atoms with Gasteiger partial charge in [0.15, 0.2) is 0 Å². The molecule has 3 nitrogen and oxygen atoms in total. The van der Waals surface area contributed by atoms with Crippen LogP contribution in [0.5, 0.6) is 0 Å². The van der Waals surface area contributed by atoms with Crippen molar-refractivity contribution >= 4 is 22.6 Å². The zero-order valence-electron chi connectivity index (χ0n) is 14.3. The van der Waals surface area contributed by atoms with Crippen LogP contribution in [0.3, 0.4) is 0 Å². The Morgan fingerprint density at radius 1 is 1.08 bits per heavy atom. The molecular weight excluding hydrogens is 298 g/mol. The van der Waals surface area contributed by atoms with Gasteiger partial charge in [0.05, 0.1) is 5.92 Å². The Labute approximate surface area is 141 Å². The first-order valence-corrected chi connectivity index (χ1v) is 8.49. The molecule has 0 aliphatic carbocycles. The van der Waals surface area contributed by atoms with Gasteiger partial charge in [0.2, 0.25) is 5.91 Å². The first-order valence-electron chi connectivity index (χ1n) is 8.49. The molecule has 0 fully saturated rings. The third kappa shape index (κ3) is 2.08. The molecule has 2 heterocycles. The monoisotopic (exact) mass is 319 g/mol. The van der Waals surface area contributed by atoms with Gasteiger partial charge in [0, 0.05) is 24.0 Å². The minimum absolute atomic E-state index is 0.152. The maximum Gasteiger partial charge on any atom is 0.235 e. The Morgan fingerprint density at radius 3 is 2.62 bits per heavy atom. The number of para-hydroxylation sites is 2. The number of carbonyl (C=O) groups is 1. The maximum absolute atomic E-state index is 12.9. The second-order valence-corrected chi connectivity index (χ2v) is 6.50. The van der Waals surface area contributed by atoms with Crippen molar-refractivity contribution < 1.29 is 9.21 Å². The van der Waals surface area contributed by atoms with Crippen LogP contribution >= 0.6 is 0 Å². The molecule has 1 aliphatic heterocycles. The highest BCUT2D eigenvalue weighted by Gasteiger charge is 2.37. The molecule has 3 aromatic rings. The number of aryl methyl sites for hydroxylation is 2. The standard InChI is InChI=1S/C21H21NO2/c1-4-22-18-11-6-5-9-16(18)17(21(22)23)12-19-14(3)15-10-7-8-13(2)20(15)24-19/h5-11,17H,4,12H2,1-3H3/t17-/m0/s1. The van der Waals surface area contributed by atoms with Gasteiger partial charge in [0.25, 0.3) is 0 Å². The number of fused-ring (bicyclic) bond motifs is 2. The Bertz CT molecular complexity index is 938. The SMILES string of the molecule is CCN1C(=O)[C@@H](Cc2oc3c(C)cccc3c2C)c2ccccc21. The highest BCUT2D eigenvalue weighted by Crippen LogP contribution is 2.40. The normalized spacial score (nSPS) is 16.9. The van der Waals surface area contributed by atoms with E-state index in [0.717, 1.165) is 39.1 Å². The molecule has 1 aliphatic rings. The van der Waals surface area contributed by atoms with E-state index in [1.807, 2.05) is 30.0 Å². The molecule has 3 heteroatoms. The molecule has 4 rings (SSSR count). The second-order valence-electron chi connectivity index (χ2n) is 6.50. The van der Waals surface area contributed by atoms with Crippen molar-refractivity contribution in [3.8, 4) is 0 Å². The molecule has 1 amide bonds. The molecular formula is C21H21NO2. The quantitative estimate of drug-likeness (QED) is 0.698. The van der Waals surface area contributed by atoms with Gasteiger partial charge in [-0.15, -0.1) is 0 Å². The lowest BCUT2D eigenvalue weighted by Crippen LogP contribution is -2.29. The number of amides is 1. The third-order valence-electron chi connectivity index (χ3n) is 5.13. The molecule has 2 aromatic carbocycles. The smallest absolute Gasteiger partial charge is 0.235 e. The zero-order chi connectivity index (χ0) is 16.8. The van der Waals surface area contributed by atoms with E-state index in [-0.39, 0.29) is 11.8 Å². The topological polar surface area (TPSA) is 33.5 Å². The summed E-state index contributed by atoms with van der Waals surface area (Å²) in [4.78, 5) is 14.8. The van der Waals surface area contributed by atoms with Crippen LogP contribution in [-0.4, -0.2) is 12.5 Å². The Balaban J connectivity index is 1.78. The third-order valence-corrected chi connectivity index (χ3v) is 5.13. The Morgan fingerprint density at radius 2 is 1.88 bits per heavy atom. The predicted octanol–water partition coefficient (Wildman–Crippen LogP) is 4.74. The van der Waals surface area contributed by atoms with E-state index in [1.165, 1.54) is 0 Å². The lowest BCUT2D eigenvalue weighted by molar-refractivity contribution is -0.119. The van der Waals surface area contributed by atoms with Crippen molar-refractivity contribution in [1.29, 1.82) is 0 Å². The lowest BCUT2D eigenvalue weighted by Gasteiger charge is -2.14. The molecule has 0 radical (unpaired) electrons. The van der Waals surface area contributed by atoms with Crippen molar-refractivity contribution in [1.82, 2.24) is 0 Å². The van der Waals surface area contributed by atoms with Gasteiger partial charge in [-0.25, -0.2) is 0 Å². The van der Waals surface area contributed by atoms with Crippen LogP contribution in [0, 0.1) is 13.8 Å². The Hall–Kier alpha value is -2.55. The molecule has 0 spiro atoms. The summed E-state index contributed by atoms with van der Waals surface area (Å²) in [7, 11) is 0. The van der Waals surface area contributed by atoms with Gasteiger partial charge in [-0.2, -0.15) is 0 Å². The van der Waals surface area contributed by atoms with Crippen molar-refractivity contribution in [3.63, 3.8) is 0 Å². The molecule has 122 valence electrons.